The molecule has 1 unspecified atom stereocenters. The Labute approximate surface area is 123 Å². The van der Waals surface area contributed by atoms with Crippen LogP contribution in [-0.4, -0.2) is 49.5 Å². The van der Waals surface area contributed by atoms with E-state index < -0.39 is 0 Å². The highest BCUT2D eigenvalue weighted by Crippen LogP contribution is 2.33. The predicted molar refractivity (Wildman–Crippen MR) is 83.2 cm³/mol. The summed E-state index contributed by atoms with van der Waals surface area (Å²) in [5.74, 6) is 1.47. The van der Waals surface area contributed by atoms with Crippen molar-refractivity contribution in [2.45, 2.75) is 39.3 Å². The van der Waals surface area contributed by atoms with Gasteiger partial charge < -0.3 is 15.0 Å². The molecule has 0 amide bonds. The molecule has 1 aromatic heterocycles. The van der Waals surface area contributed by atoms with E-state index in [2.05, 4.69) is 47.9 Å². The van der Waals surface area contributed by atoms with E-state index in [-0.39, 0.29) is 6.04 Å². The minimum Gasteiger partial charge on any atom is -0.493 e. The number of likely N-dealkylation sites (N-methyl/N-ethyl adjacent to an activating group) is 1. The first-order chi connectivity index (χ1) is 9.58. The van der Waals surface area contributed by atoms with Gasteiger partial charge in [-0.2, -0.15) is 5.10 Å². The molecular formula is C15H30N4O. The molecule has 20 heavy (non-hydrogen) atoms. The molecule has 0 fully saturated rings. The number of aromatic nitrogens is 2. The van der Waals surface area contributed by atoms with Gasteiger partial charge in [0, 0.05) is 6.54 Å². The Morgan fingerprint density at radius 2 is 2.00 bits per heavy atom. The molecule has 1 heterocycles. The molecule has 0 spiro atoms. The summed E-state index contributed by atoms with van der Waals surface area (Å²) in [6, 6.07) is 0.282. The van der Waals surface area contributed by atoms with Crippen LogP contribution in [0.25, 0.3) is 0 Å². The van der Waals surface area contributed by atoms with Crippen LogP contribution in [0.2, 0.25) is 0 Å². The first kappa shape index (κ1) is 17.0. The number of nitrogens with one attached hydrogen (secondary N) is 1. The predicted octanol–water partition coefficient (Wildman–Crippen LogP) is 2.15. The summed E-state index contributed by atoms with van der Waals surface area (Å²) in [4.78, 5) is 2.17. The van der Waals surface area contributed by atoms with E-state index in [0.29, 0.717) is 5.92 Å². The molecule has 0 aliphatic rings. The Morgan fingerprint density at radius 3 is 2.45 bits per heavy atom. The maximum absolute atomic E-state index is 5.52. The molecule has 1 atom stereocenters. The number of nitrogens with zero attached hydrogens (tertiary/aromatic N) is 3. The van der Waals surface area contributed by atoms with E-state index in [0.717, 1.165) is 31.7 Å². The van der Waals surface area contributed by atoms with Gasteiger partial charge in [0.25, 0.3) is 0 Å². The van der Waals surface area contributed by atoms with Crippen molar-refractivity contribution in [3.63, 3.8) is 0 Å². The molecule has 0 saturated carbocycles. The van der Waals surface area contributed by atoms with Crippen LogP contribution in [0.3, 0.4) is 0 Å². The number of methoxy groups -OCH3 is 1. The Kier molecular flexibility index (Phi) is 7.02. The molecular weight excluding hydrogens is 252 g/mol. The van der Waals surface area contributed by atoms with Gasteiger partial charge in [-0.1, -0.05) is 26.7 Å². The first-order valence-electron chi connectivity index (χ1n) is 7.50. The SMILES string of the molecule is CCC(CC)C(NC)c1c(OC)cnn1CCN(C)C. The monoisotopic (exact) mass is 282 g/mol. The molecule has 0 aromatic carbocycles. The fraction of sp³-hybridized carbons (Fsp3) is 0.800. The standard InChI is InChI=1S/C15H30N4O/c1-7-12(8-2)14(16-3)15-13(20-6)11-17-19(15)10-9-18(4)5/h11-12,14,16H,7-10H2,1-6H3. The van der Waals surface area contributed by atoms with E-state index in [4.69, 9.17) is 4.74 Å². The lowest BCUT2D eigenvalue weighted by atomic mass is 9.91. The van der Waals surface area contributed by atoms with Gasteiger partial charge in [-0.3, -0.25) is 4.68 Å². The summed E-state index contributed by atoms with van der Waals surface area (Å²) in [5, 5.41) is 7.96. The van der Waals surface area contributed by atoms with Crippen LogP contribution in [0.4, 0.5) is 0 Å². The minimum absolute atomic E-state index is 0.282. The topological polar surface area (TPSA) is 42.3 Å². The molecule has 1 N–H and O–H groups in total. The Balaban J connectivity index is 3.07. The molecule has 0 aliphatic carbocycles. The van der Waals surface area contributed by atoms with Crippen molar-refractivity contribution in [1.29, 1.82) is 0 Å². The second-order valence-electron chi connectivity index (χ2n) is 5.47. The van der Waals surface area contributed by atoms with Gasteiger partial charge in [0.1, 0.15) is 0 Å². The van der Waals surface area contributed by atoms with Crippen molar-refractivity contribution in [1.82, 2.24) is 20.0 Å². The Bertz CT molecular complexity index is 385. The summed E-state index contributed by atoms with van der Waals surface area (Å²) in [6.45, 7) is 6.33. The smallest absolute Gasteiger partial charge is 0.161 e. The van der Waals surface area contributed by atoms with Gasteiger partial charge in [0.15, 0.2) is 5.75 Å². The third-order valence-electron chi connectivity index (χ3n) is 3.95. The summed E-state index contributed by atoms with van der Waals surface area (Å²) in [6.07, 6.45) is 4.12. The summed E-state index contributed by atoms with van der Waals surface area (Å²) < 4.78 is 7.60. The second-order valence-corrected chi connectivity index (χ2v) is 5.47. The van der Waals surface area contributed by atoms with Crippen LogP contribution >= 0.6 is 0 Å². The quantitative estimate of drug-likeness (QED) is 0.753. The van der Waals surface area contributed by atoms with Crippen molar-refractivity contribution < 1.29 is 4.74 Å². The average Bonchev–Trinajstić information content (AvgIpc) is 2.85. The number of hydrogen-bond acceptors (Lipinski definition) is 4. The van der Waals surface area contributed by atoms with E-state index in [9.17, 15) is 0 Å². The van der Waals surface area contributed by atoms with Gasteiger partial charge in [-0.15, -0.1) is 0 Å². The van der Waals surface area contributed by atoms with E-state index >= 15 is 0 Å². The maximum atomic E-state index is 5.52. The van der Waals surface area contributed by atoms with E-state index in [1.807, 2.05) is 13.2 Å². The molecule has 0 radical (unpaired) electrons. The molecule has 5 nitrogen and oxygen atoms in total. The van der Waals surface area contributed by atoms with Gasteiger partial charge in [-0.25, -0.2) is 0 Å². The van der Waals surface area contributed by atoms with Crippen LogP contribution in [0.15, 0.2) is 6.20 Å². The second kappa shape index (κ2) is 8.27. The molecule has 116 valence electrons. The van der Waals surface area contributed by atoms with Crippen molar-refractivity contribution in [2.75, 3.05) is 34.8 Å². The van der Waals surface area contributed by atoms with Gasteiger partial charge >= 0.3 is 0 Å². The minimum atomic E-state index is 0.282. The molecule has 1 rings (SSSR count). The Hall–Kier alpha value is -1.07. The van der Waals surface area contributed by atoms with Gasteiger partial charge in [0.05, 0.1) is 31.6 Å². The highest BCUT2D eigenvalue weighted by Gasteiger charge is 2.26. The third kappa shape index (κ3) is 3.96. The van der Waals surface area contributed by atoms with Crippen molar-refractivity contribution in [2.24, 2.45) is 5.92 Å². The van der Waals surface area contributed by atoms with Crippen LogP contribution in [0.5, 0.6) is 5.75 Å². The van der Waals surface area contributed by atoms with Crippen molar-refractivity contribution in [3.8, 4) is 5.75 Å². The molecule has 5 heteroatoms. The summed E-state index contributed by atoms with van der Waals surface area (Å²) in [5.41, 5.74) is 1.17. The number of hydrogen-bond donors (Lipinski definition) is 1. The van der Waals surface area contributed by atoms with Crippen LogP contribution in [0.1, 0.15) is 38.4 Å². The molecule has 0 aliphatic heterocycles. The summed E-state index contributed by atoms with van der Waals surface area (Å²) in [7, 11) is 7.90. The van der Waals surface area contributed by atoms with Crippen molar-refractivity contribution in [3.05, 3.63) is 11.9 Å². The van der Waals surface area contributed by atoms with Gasteiger partial charge in [-0.05, 0) is 27.1 Å². The van der Waals surface area contributed by atoms with Crippen LogP contribution in [-0.2, 0) is 6.54 Å². The zero-order valence-corrected chi connectivity index (χ0v) is 13.8. The summed E-state index contributed by atoms with van der Waals surface area (Å²) >= 11 is 0. The highest BCUT2D eigenvalue weighted by molar-refractivity contribution is 5.29. The van der Waals surface area contributed by atoms with Crippen molar-refractivity contribution >= 4 is 0 Å². The van der Waals surface area contributed by atoms with Crippen LogP contribution in [0, 0.1) is 5.92 Å². The Morgan fingerprint density at radius 1 is 1.35 bits per heavy atom. The average molecular weight is 282 g/mol. The molecule has 0 saturated heterocycles. The third-order valence-corrected chi connectivity index (χ3v) is 3.95. The van der Waals surface area contributed by atoms with Gasteiger partial charge in [0.2, 0.25) is 0 Å². The molecule has 0 bridgehead atoms. The van der Waals surface area contributed by atoms with E-state index in [1.54, 1.807) is 7.11 Å². The first-order valence-corrected chi connectivity index (χ1v) is 7.50. The number of rotatable bonds is 9. The molecule has 1 aromatic rings. The highest BCUT2D eigenvalue weighted by atomic mass is 16.5. The lowest BCUT2D eigenvalue weighted by Gasteiger charge is -2.26. The zero-order chi connectivity index (χ0) is 15.1. The van der Waals surface area contributed by atoms with Crippen LogP contribution < -0.4 is 10.1 Å². The maximum Gasteiger partial charge on any atom is 0.161 e. The normalized spacial score (nSPS) is 13.2. The lowest BCUT2D eigenvalue weighted by molar-refractivity contribution is 0.310. The fourth-order valence-corrected chi connectivity index (χ4v) is 2.68. The lowest BCUT2D eigenvalue weighted by Crippen LogP contribution is -2.29. The largest absolute Gasteiger partial charge is 0.493 e. The zero-order valence-electron chi connectivity index (χ0n) is 13.8. The van der Waals surface area contributed by atoms with E-state index in [1.165, 1.54) is 5.69 Å². The fourth-order valence-electron chi connectivity index (χ4n) is 2.68. The number of ether oxygens (including phenoxy) is 1.